The Bertz CT molecular complexity index is 398. The van der Waals surface area contributed by atoms with Gasteiger partial charge in [0, 0.05) is 12.6 Å². The molecule has 1 fully saturated rings. The van der Waals surface area contributed by atoms with Crippen molar-refractivity contribution in [3.8, 4) is 0 Å². The average molecular weight is 293 g/mol. The number of nitrogens with one attached hydrogen (secondary N) is 1. The summed E-state index contributed by atoms with van der Waals surface area (Å²) in [4.78, 5) is 0. The van der Waals surface area contributed by atoms with E-state index in [-0.39, 0.29) is 11.9 Å². The molecule has 0 radical (unpaired) electrons. The Balaban J connectivity index is 1.92. The minimum Gasteiger partial charge on any atom is -0.372 e. The summed E-state index contributed by atoms with van der Waals surface area (Å²) in [5, 5.41) is 3.43. The van der Waals surface area contributed by atoms with E-state index in [1.54, 1.807) is 0 Å². The van der Waals surface area contributed by atoms with Gasteiger partial charge in [-0.25, -0.2) is 4.39 Å². The van der Waals surface area contributed by atoms with Crippen molar-refractivity contribution in [1.82, 2.24) is 5.32 Å². The third kappa shape index (κ3) is 5.76. The molecular formula is C18H28FNO. The fraction of sp³-hybridized carbons (Fsp3) is 0.667. The molecule has 0 saturated heterocycles. The molecule has 1 aliphatic carbocycles. The van der Waals surface area contributed by atoms with Gasteiger partial charge in [-0.2, -0.15) is 0 Å². The van der Waals surface area contributed by atoms with Gasteiger partial charge in [0.2, 0.25) is 0 Å². The number of halogens is 1. The minimum absolute atomic E-state index is 0.00919. The lowest BCUT2D eigenvalue weighted by atomic mass is 9.90. The van der Waals surface area contributed by atoms with Crippen LogP contribution in [0.4, 0.5) is 4.39 Å². The maximum Gasteiger partial charge on any atom is 0.123 e. The van der Waals surface area contributed by atoms with Crippen molar-refractivity contribution in [2.24, 2.45) is 5.92 Å². The predicted octanol–water partition coefficient (Wildman–Crippen LogP) is 4.46. The van der Waals surface area contributed by atoms with Gasteiger partial charge in [-0.1, -0.05) is 45.2 Å². The lowest BCUT2D eigenvalue weighted by molar-refractivity contribution is 0.0190. The van der Waals surface area contributed by atoms with Crippen LogP contribution in [0.5, 0.6) is 0 Å². The predicted molar refractivity (Wildman–Crippen MR) is 84.8 cm³/mol. The highest BCUT2D eigenvalue weighted by Gasteiger charge is 2.18. The molecule has 1 saturated carbocycles. The molecule has 0 heterocycles. The van der Waals surface area contributed by atoms with Crippen molar-refractivity contribution in [2.75, 3.05) is 13.2 Å². The summed E-state index contributed by atoms with van der Waals surface area (Å²) in [5.74, 6) is 0.502. The average Bonchev–Trinajstić information content (AvgIpc) is 2.49. The van der Waals surface area contributed by atoms with E-state index in [2.05, 4.69) is 19.2 Å². The highest BCUT2D eigenvalue weighted by atomic mass is 19.1. The van der Waals surface area contributed by atoms with Gasteiger partial charge < -0.3 is 10.1 Å². The van der Waals surface area contributed by atoms with Crippen LogP contribution >= 0.6 is 0 Å². The molecule has 1 N–H and O–H groups in total. The van der Waals surface area contributed by atoms with Crippen LogP contribution in [-0.2, 0) is 4.74 Å². The van der Waals surface area contributed by atoms with Gasteiger partial charge in [0.1, 0.15) is 5.82 Å². The first-order chi connectivity index (χ1) is 10.1. The lowest BCUT2D eigenvalue weighted by Gasteiger charge is -2.26. The van der Waals surface area contributed by atoms with Crippen LogP contribution in [0.1, 0.15) is 57.6 Å². The van der Waals surface area contributed by atoms with Crippen LogP contribution in [0.2, 0.25) is 0 Å². The summed E-state index contributed by atoms with van der Waals surface area (Å²) in [7, 11) is 0. The Morgan fingerprint density at radius 2 is 1.81 bits per heavy atom. The van der Waals surface area contributed by atoms with Crippen molar-refractivity contribution in [1.29, 1.82) is 0 Å². The quantitative estimate of drug-likeness (QED) is 0.801. The topological polar surface area (TPSA) is 21.3 Å². The van der Waals surface area contributed by atoms with E-state index in [1.807, 2.05) is 12.1 Å². The largest absolute Gasteiger partial charge is 0.372 e. The van der Waals surface area contributed by atoms with Crippen molar-refractivity contribution in [2.45, 2.75) is 58.1 Å². The molecule has 3 heteroatoms. The first-order valence-electron chi connectivity index (χ1n) is 8.25. The van der Waals surface area contributed by atoms with Crippen LogP contribution < -0.4 is 5.32 Å². The van der Waals surface area contributed by atoms with E-state index in [0.29, 0.717) is 12.0 Å². The molecule has 1 aromatic carbocycles. The SMILES string of the molecule is CC(C)NCC(OCC1CCCCC1)c1ccc(F)cc1. The molecule has 21 heavy (non-hydrogen) atoms. The molecule has 0 bridgehead atoms. The number of hydrogen-bond acceptors (Lipinski definition) is 2. The molecule has 1 unspecified atom stereocenters. The highest BCUT2D eigenvalue weighted by Crippen LogP contribution is 2.26. The maximum absolute atomic E-state index is 13.1. The molecule has 0 aromatic heterocycles. The monoisotopic (exact) mass is 293 g/mol. The highest BCUT2D eigenvalue weighted by molar-refractivity contribution is 5.19. The second kappa shape index (κ2) is 8.50. The molecule has 1 atom stereocenters. The van der Waals surface area contributed by atoms with Gasteiger partial charge in [-0.05, 0) is 36.5 Å². The van der Waals surface area contributed by atoms with E-state index >= 15 is 0 Å². The summed E-state index contributed by atoms with van der Waals surface area (Å²) in [6.07, 6.45) is 6.61. The van der Waals surface area contributed by atoms with Gasteiger partial charge >= 0.3 is 0 Å². The number of benzene rings is 1. The molecule has 1 aliphatic rings. The van der Waals surface area contributed by atoms with Gasteiger partial charge in [0.25, 0.3) is 0 Å². The molecular weight excluding hydrogens is 265 g/mol. The third-order valence-electron chi connectivity index (χ3n) is 4.21. The lowest BCUT2D eigenvalue weighted by Crippen LogP contribution is -2.30. The Hall–Kier alpha value is -0.930. The third-order valence-corrected chi connectivity index (χ3v) is 4.21. The Morgan fingerprint density at radius 3 is 2.43 bits per heavy atom. The second-order valence-corrected chi connectivity index (χ2v) is 6.44. The van der Waals surface area contributed by atoms with Crippen molar-refractivity contribution in [3.63, 3.8) is 0 Å². The van der Waals surface area contributed by atoms with Crippen molar-refractivity contribution >= 4 is 0 Å². The van der Waals surface area contributed by atoms with Gasteiger partial charge in [0.05, 0.1) is 12.7 Å². The maximum atomic E-state index is 13.1. The molecule has 1 aromatic rings. The summed E-state index contributed by atoms with van der Waals surface area (Å²) in [6.45, 7) is 5.85. The zero-order valence-electron chi connectivity index (χ0n) is 13.3. The van der Waals surface area contributed by atoms with E-state index in [4.69, 9.17) is 4.74 Å². The second-order valence-electron chi connectivity index (χ2n) is 6.44. The first kappa shape index (κ1) is 16.4. The standard InChI is InChI=1S/C18H28FNO/c1-14(2)20-12-18(16-8-10-17(19)11-9-16)21-13-15-6-4-3-5-7-15/h8-11,14-15,18,20H,3-7,12-13H2,1-2H3. The zero-order valence-corrected chi connectivity index (χ0v) is 13.3. The number of ether oxygens (including phenoxy) is 1. The first-order valence-corrected chi connectivity index (χ1v) is 8.25. The molecule has 0 amide bonds. The summed E-state index contributed by atoms with van der Waals surface area (Å²) < 4.78 is 19.3. The Morgan fingerprint density at radius 1 is 1.14 bits per heavy atom. The van der Waals surface area contributed by atoms with Crippen LogP contribution in [0.15, 0.2) is 24.3 Å². The molecule has 2 nitrogen and oxygen atoms in total. The molecule has 2 rings (SSSR count). The fourth-order valence-corrected chi connectivity index (χ4v) is 2.90. The van der Waals surface area contributed by atoms with Crippen molar-refractivity contribution in [3.05, 3.63) is 35.6 Å². The van der Waals surface area contributed by atoms with E-state index in [9.17, 15) is 4.39 Å². The normalized spacial score (nSPS) is 18.1. The summed E-state index contributed by atoms with van der Waals surface area (Å²) in [5.41, 5.74) is 1.06. The van der Waals surface area contributed by atoms with E-state index in [0.717, 1.165) is 18.7 Å². The summed E-state index contributed by atoms with van der Waals surface area (Å²) in [6, 6.07) is 7.13. The Labute approximate surface area is 128 Å². The Kier molecular flexibility index (Phi) is 6.65. The van der Waals surface area contributed by atoms with Crippen LogP contribution in [0, 0.1) is 11.7 Å². The van der Waals surface area contributed by atoms with Crippen LogP contribution in [0.3, 0.4) is 0 Å². The van der Waals surface area contributed by atoms with Gasteiger partial charge in [-0.15, -0.1) is 0 Å². The van der Waals surface area contributed by atoms with Crippen LogP contribution in [-0.4, -0.2) is 19.2 Å². The molecule has 118 valence electrons. The van der Waals surface area contributed by atoms with E-state index in [1.165, 1.54) is 44.2 Å². The van der Waals surface area contributed by atoms with Crippen molar-refractivity contribution < 1.29 is 9.13 Å². The van der Waals surface area contributed by atoms with E-state index < -0.39 is 0 Å². The number of rotatable bonds is 7. The van der Waals surface area contributed by atoms with Crippen LogP contribution in [0.25, 0.3) is 0 Å². The fourth-order valence-electron chi connectivity index (χ4n) is 2.90. The molecule has 0 spiro atoms. The van der Waals surface area contributed by atoms with Gasteiger partial charge in [-0.3, -0.25) is 0 Å². The smallest absolute Gasteiger partial charge is 0.123 e. The molecule has 0 aliphatic heterocycles. The number of hydrogen-bond donors (Lipinski definition) is 1. The summed E-state index contributed by atoms with van der Waals surface area (Å²) >= 11 is 0. The zero-order chi connectivity index (χ0) is 15.1. The minimum atomic E-state index is -0.193. The van der Waals surface area contributed by atoms with Gasteiger partial charge in [0.15, 0.2) is 0 Å².